The number of nitro groups is 1. The number of thiocarbonyl (C=S) groups is 1. The van der Waals surface area contributed by atoms with Crippen molar-refractivity contribution in [2.24, 2.45) is 0 Å². The van der Waals surface area contributed by atoms with Gasteiger partial charge in [-0.05, 0) is 56.4 Å². The number of nitro benzene ring substituents is 1. The van der Waals surface area contributed by atoms with E-state index >= 15 is 0 Å². The first-order valence-corrected chi connectivity index (χ1v) is 11.3. The molecule has 0 atom stereocenters. The predicted molar refractivity (Wildman–Crippen MR) is 113 cm³/mol. The predicted octanol–water partition coefficient (Wildman–Crippen LogP) is 7.19. The van der Waals surface area contributed by atoms with Crippen LogP contribution in [0.25, 0.3) is 0 Å². The maximum Gasteiger partial charge on any atom is 0.423 e. The number of hydrogen-bond acceptors (Lipinski definition) is 4. The molecule has 0 bridgehead atoms. The van der Waals surface area contributed by atoms with E-state index in [1.807, 2.05) is 0 Å². The lowest BCUT2D eigenvalue weighted by Gasteiger charge is -2.41. The van der Waals surface area contributed by atoms with E-state index in [4.69, 9.17) is 12.2 Å². The molecule has 1 saturated heterocycles. The van der Waals surface area contributed by atoms with Crippen LogP contribution in [-0.2, 0) is 11.0 Å². The van der Waals surface area contributed by atoms with Gasteiger partial charge in [0.05, 0.1) is 10.6 Å². The fraction of sp³-hybridized carbons (Fsp3) is 0.222. The number of carbonyl (C=O) groups is 1. The molecule has 0 N–H and O–H groups in total. The van der Waals surface area contributed by atoms with Crippen LogP contribution in [0.15, 0.2) is 47.4 Å². The van der Waals surface area contributed by atoms with Crippen LogP contribution < -0.4 is 9.80 Å². The van der Waals surface area contributed by atoms with Crippen LogP contribution >= 0.6 is 22.4 Å². The van der Waals surface area contributed by atoms with Gasteiger partial charge >= 0.3 is 16.4 Å². The monoisotopic (exact) mass is 535 g/mol. The molecule has 1 amide bonds. The van der Waals surface area contributed by atoms with Crippen molar-refractivity contribution in [2.75, 3.05) is 9.80 Å². The van der Waals surface area contributed by atoms with Crippen LogP contribution in [0.3, 0.4) is 0 Å². The van der Waals surface area contributed by atoms with Gasteiger partial charge in [-0.25, -0.2) is 0 Å². The largest absolute Gasteiger partial charge is 0.423 e. The molecule has 34 heavy (non-hydrogen) atoms. The van der Waals surface area contributed by atoms with Gasteiger partial charge in [0.15, 0.2) is 5.11 Å². The zero-order chi connectivity index (χ0) is 26.1. The molecule has 6 nitrogen and oxygen atoms in total. The molecule has 3 rings (SSSR count). The highest BCUT2D eigenvalue weighted by atomic mass is 32.5. The summed E-state index contributed by atoms with van der Waals surface area (Å²) in [7, 11) is -10.1. The molecule has 0 saturated carbocycles. The standard InChI is InChI=1S/C18H13F8N3O3S2/c1-17(2)15(30)27(10-6-7-14(29(31)32)13(9-10)18(19,20)21)16(33)28(17)11-4-3-5-12(8-11)34(22,23,24,25)26/h3-9H,1-2H3. The molecule has 0 unspecified atom stereocenters. The van der Waals surface area contributed by atoms with Crippen molar-refractivity contribution in [3.8, 4) is 0 Å². The maximum absolute atomic E-state index is 13.4. The lowest BCUT2D eigenvalue weighted by molar-refractivity contribution is -0.388. The first-order chi connectivity index (χ1) is 15.1. The summed E-state index contributed by atoms with van der Waals surface area (Å²) in [6, 6.07) is 3.47. The van der Waals surface area contributed by atoms with Crippen LogP contribution in [0.1, 0.15) is 19.4 Å². The number of anilines is 2. The number of carbonyl (C=O) groups excluding carboxylic acids is 1. The number of alkyl halides is 3. The van der Waals surface area contributed by atoms with Gasteiger partial charge in [0, 0.05) is 11.8 Å². The topological polar surface area (TPSA) is 66.7 Å². The molecule has 1 aliphatic rings. The van der Waals surface area contributed by atoms with Crippen molar-refractivity contribution in [3.63, 3.8) is 0 Å². The normalized spacial score (nSPS) is 18.6. The van der Waals surface area contributed by atoms with Crippen molar-refractivity contribution in [2.45, 2.75) is 30.5 Å². The minimum atomic E-state index is -10.1. The molecule has 0 aromatic heterocycles. The first kappa shape index (κ1) is 25.6. The second-order valence-corrected chi connectivity index (χ2v) is 10.5. The minimum absolute atomic E-state index is 0.0867. The molecule has 186 valence electrons. The van der Waals surface area contributed by atoms with E-state index in [1.165, 1.54) is 13.8 Å². The third-order valence-corrected chi connectivity index (χ3v) is 6.44. The molecular formula is C18H13F8N3O3S2. The van der Waals surface area contributed by atoms with Crippen LogP contribution in [0.5, 0.6) is 0 Å². The minimum Gasteiger partial charge on any atom is -0.303 e. The molecule has 2 aromatic carbocycles. The molecule has 1 heterocycles. The van der Waals surface area contributed by atoms with Crippen molar-refractivity contribution >= 4 is 50.5 Å². The average Bonchev–Trinajstić information content (AvgIpc) is 2.83. The van der Waals surface area contributed by atoms with Crippen molar-refractivity contribution < 1.29 is 42.3 Å². The van der Waals surface area contributed by atoms with E-state index < -0.39 is 65.4 Å². The summed E-state index contributed by atoms with van der Waals surface area (Å²) in [6.07, 6.45) is -5.19. The van der Waals surface area contributed by atoms with Gasteiger partial charge in [-0.3, -0.25) is 19.8 Å². The maximum atomic E-state index is 13.4. The highest BCUT2D eigenvalue weighted by molar-refractivity contribution is 8.45. The Morgan fingerprint density at radius 3 is 2.09 bits per heavy atom. The van der Waals surface area contributed by atoms with E-state index in [1.54, 1.807) is 0 Å². The number of halogens is 8. The summed E-state index contributed by atoms with van der Waals surface area (Å²) in [5.74, 6) is -1.00. The Kier molecular flexibility index (Phi) is 5.10. The van der Waals surface area contributed by atoms with Crippen LogP contribution in [0.4, 0.5) is 49.7 Å². The molecule has 16 heteroatoms. The zero-order valence-electron chi connectivity index (χ0n) is 16.9. The molecule has 1 fully saturated rings. The Hall–Kier alpha value is -3.01. The fourth-order valence-electron chi connectivity index (χ4n) is 3.37. The zero-order valence-corrected chi connectivity index (χ0v) is 18.6. The number of hydrogen-bond donors (Lipinski definition) is 0. The average molecular weight is 535 g/mol. The number of nitrogens with zero attached hydrogens (tertiary/aromatic N) is 3. The SMILES string of the molecule is CC1(C)C(=O)N(c2ccc([N+](=O)[O-])c(C(F)(F)F)c2)C(=S)N1c1cccc(S(F)(F)(F)(F)F)c1. The van der Waals surface area contributed by atoms with Crippen molar-refractivity contribution in [1.82, 2.24) is 0 Å². The van der Waals surface area contributed by atoms with E-state index in [9.17, 15) is 47.5 Å². The van der Waals surface area contributed by atoms with Crippen LogP contribution in [0.2, 0.25) is 0 Å². The van der Waals surface area contributed by atoms with Crippen LogP contribution in [0, 0.1) is 10.1 Å². The van der Waals surface area contributed by atoms with E-state index in [0.29, 0.717) is 23.1 Å². The van der Waals surface area contributed by atoms with Gasteiger partial charge in [-0.2, -0.15) is 13.2 Å². The summed E-state index contributed by atoms with van der Waals surface area (Å²) < 4.78 is 107. The van der Waals surface area contributed by atoms with Crippen LogP contribution in [-0.4, -0.2) is 21.5 Å². The second-order valence-electron chi connectivity index (χ2n) is 7.74. The van der Waals surface area contributed by atoms with Gasteiger partial charge < -0.3 is 4.90 Å². The molecule has 1 aliphatic heterocycles. The van der Waals surface area contributed by atoms with Crippen molar-refractivity contribution in [1.29, 1.82) is 0 Å². The lowest BCUT2D eigenvalue weighted by Crippen LogP contribution is -2.44. The lowest BCUT2D eigenvalue weighted by atomic mass is 10.0. The number of amides is 1. The van der Waals surface area contributed by atoms with E-state index in [2.05, 4.69) is 0 Å². The summed E-state index contributed by atoms with van der Waals surface area (Å²) in [5.41, 5.74) is -5.91. The molecule has 0 radical (unpaired) electrons. The smallest absolute Gasteiger partial charge is 0.303 e. The van der Waals surface area contributed by atoms with Gasteiger partial charge in [0.1, 0.15) is 16.0 Å². The summed E-state index contributed by atoms with van der Waals surface area (Å²) in [5, 5.41) is 10.4. The molecule has 0 aliphatic carbocycles. The van der Waals surface area contributed by atoms with Gasteiger partial charge in [0.25, 0.3) is 11.6 Å². The number of benzene rings is 2. The van der Waals surface area contributed by atoms with Gasteiger partial charge in [-0.15, -0.1) is 0 Å². The third-order valence-electron chi connectivity index (χ3n) is 4.93. The molecular weight excluding hydrogens is 522 g/mol. The first-order valence-electron chi connectivity index (χ1n) is 8.94. The summed E-state index contributed by atoms with van der Waals surface area (Å²) in [4.78, 5) is 21.8. The second kappa shape index (κ2) is 6.78. The van der Waals surface area contributed by atoms with E-state index in [0.717, 1.165) is 17.0 Å². The Balaban J connectivity index is 2.16. The summed E-state index contributed by atoms with van der Waals surface area (Å²) in [6.45, 7) is 2.34. The van der Waals surface area contributed by atoms with Gasteiger partial charge in [0.2, 0.25) is 0 Å². The Morgan fingerprint density at radius 1 is 1.00 bits per heavy atom. The van der Waals surface area contributed by atoms with Gasteiger partial charge in [-0.1, -0.05) is 25.5 Å². The Labute approximate surface area is 191 Å². The highest BCUT2D eigenvalue weighted by Crippen LogP contribution is 3.02. The summed E-state index contributed by atoms with van der Waals surface area (Å²) >= 11 is 5.12. The Bertz CT molecular complexity index is 1250. The highest BCUT2D eigenvalue weighted by Gasteiger charge is 2.65. The quantitative estimate of drug-likeness (QED) is 0.180. The fourth-order valence-corrected chi connectivity index (χ4v) is 4.57. The third kappa shape index (κ3) is 4.38. The molecule has 2 aromatic rings. The van der Waals surface area contributed by atoms with Crippen molar-refractivity contribution in [3.05, 3.63) is 58.1 Å². The Morgan fingerprint density at radius 2 is 1.59 bits per heavy atom. The molecule has 0 spiro atoms. The number of rotatable bonds is 4. The van der Waals surface area contributed by atoms with E-state index in [-0.39, 0.29) is 12.1 Å².